The summed E-state index contributed by atoms with van der Waals surface area (Å²) >= 11 is 0. The molecule has 0 fully saturated rings. The van der Waals surface area contributed by atoms with Gasteiger partial charge in [0.25, 0.3) is 0 Å². The van der Waals surface area contributed by atoms with Gasteiger partial charge in [-0.05, 0) is 24.6 Å². The molecule has 0 heterocycles. The number of unbranched alkanes of at least 4 members (excludes halogenated alkanes) is 5. The van der Waals surface area contributed by atoms with E-state index in [0.717, 1.165) is 32.1 Å². The van der Waals surface area contributed by atoms with Gasteiger partial charge in [0.05, 0.1) is 11.6 Å². The number of carboxylic acid groups (broad SMARTS) is 1. The molecule has 7 heteroatoms. The Hall–Kier alpha value is -3.97. The Morgan fingerprint density at radius 1 is 1.09 bits per heavy atom. The fraction of sp³-hybridized carbons (Fsp3) is 0.393. The van der Waals surface area contributed by atoms with Crippen LogP contribution in [0.4, 0.5) is 11.4 Å². The van der Waals surface area contributed by atoms with Gasteiger partial charge in [-0.3, -0.25) is 14.4 Å². The Morgan fingerprint density at radius 3 is 2.46 bits per heavy atom. The average Bonchev–Trinajstić information content (AvgIpc) is 2.86. The minimum atomic E-state index is -1.06. The van der Waals surface area contributed by atoms with Crippen LogP contribution in [0.2, 0.25) is 0 Å². The molecule has 0 aliphatic rings. The molecule has 7 nitrogen and oxygen atoms in total. The number of hydrogen-bond donors (Lipinski definition) is 2. The Bertz CT molecular complexity index is 1070. The summed E-state index contributed by atoms with van der Waals surface area (Å²) < 4.78 is 0. The number of amides is 1. The standard InChI is InChI=1S/C28H32N4O3/c1-3-4-5-6-7-9-15-22(28(34)35)18-26(33)31-23-16-12-17-24(19-23)32-27(25(20-29)30-2)21-13-10-8-11-14-21/h8,10-14,16-17,19,22,25H,3-7,9,15,18H2,1H3,(H,31,33)(H,34,35). The maximum absolute atomic E-state index is 12.6. The van der Waals surface area contributed by atoms with E-state index in [2.05, 4.69) is 22.1 Å². The Balaban J connectivity index is 2.07. The third kappa shape index (κ3) is 9.43. The number of nitrogens with zero attached hydrogens (tertiary/aromatic N) is 3. The summed E-state index contributed by atoms with van der Waals surface area (Å²) in [4.78, 5) is 32.1. The predicted octanol–water partition coefficient (Wildman–Crippen LogP) is 6.40. The molecule has 2 aromatic rings. The van der Waals surface area contributed by atoms with E-state index in [1.165, 1.54) is 6.42 Å². The normalized spacial score (nSPS) is 12.7. The number of nitrogens with one attached hydrogen (secondary N) is 1. The molecule has 0 radical (unpaired) electrons. The van der Waals surface area contributed by atoms with Gasteiger partial charge in [-0.25, -0.2) is 11.6 Å². The summed E-state index contributed by atoms with van der Waals surface area (Å²) in [6, 6.07) is 16.7. The Kier molecular flexibility index (Phi) is 11.7. The van der Waals surface area contributed by atoms with Crippen LogP contribution in [0.5, 0.6) is 0 Å². The van der Waals surface area contributed by atoms with Crippen LogP contribution in [-0.2, 0) is 9.59 Å². The fourth-order valence-electron chi connectivity index (χ4n) is 3.76. The number of rotatable bonds is 14. The summed E-state index contributed by atoms with van der Waals surface area (Å²) in [5.74, 6) is -2.05. The molecular weight excluding hydrogens is 440 g/mol. The molecule has 0 spiro atoms. The zero-order valence-corrected chi connectivity index (χ0v) is 20.1. The molecule has 2 aromatic carbocycles. The minimum absolute atomic E-state index is 0.0959. The van der Waals surface area contributed by atoms with Gasteiger partial charge in [0.1, 0.15) is 5.71 Å². The highest BCUT2D eigenvalue weighted by atomic mass is 16.4. The van der Waals surface area contributed by atoms with Crippen molar-refractivity contribution < 1.29 is 14.7 Å². The first-order valence-electron chi connectivity index (χ1n) is 12.0. The van der Waals surface area contributed by atoms with Crippen molar-refractivity contribution in [1.29, 1.82) is 5.26 Å². The lowest BCUT2D eigenvalue weighted by Gasteiger charge is -2.13. The highest BCUT2D eigenvalue weighted by Gasteiger charge is 2.23. The van der Waals surface area contributed by atoms with Gasteiger partial charge >= 0.3 is 12.0 Å². The number of nitriles is 1. The van der Waals surface area contributed by atoms with E-state index in [4.69, 9.17) is 6.57 Å². The molecule has 2 N–H and O–H groups in total. The summed E-state index contributed by atoms with van der Waals surface area (Å²) in [6.45, 7) is 9.50. The van der Waals surface area contributed by atoms with Gasteiger partial charge in [0.2, 0.25) is 5.91 Å². The van der Waals surface area contributed by atoms with Crippen molar-refractivity contribution in [3.05, 3.63) is 71.6 Å². The summed E-state index contributed by atoms with van der Waals surface area (Å²) in [7, 11) is 0. The molecule has 2 atom stereocenters. The predicted molar refractivity (Wildman–Crippen MR) is 137 cm³/mol. The van der Waals surface area contributed by atoms with Crippen LogP contribution in [-0.4, -0.2) is 28.7 Å². The Labute approximate surface area is 207 Å². The van der Waals surface area contributed by atoms with E-state index in [1.807, 2.05) is 24.3 Å². The molecule has 0 aliphatic heterocycles. The SMILES string of the molecule is [C-]#[N+]C(C#N)C(=Nc1cccc(NC(=O)CC(CCCCCCCC)C(=O)O)c1)c1ccccc1. The first-order valence-corrected chi connectivity index (χ1v) is 12.0. The zero-order chi connectivity index (χ0) is 25.5. The van der Waals surface area contributed by atoms with E-state index in [1.54, 1.807) is 36.4 Å². The van der Waals surface area contributed by atoms with E-state index in [-0.39, 0.29) is 12.3 Å². The van der Waals surface area contributed by atoms with E-state index in [9.17, 15) is 20.0 Å². The van der Waals surface area contributed by atoms with Crippen molar-refractivity contribution in [3.63, 3.8) is 0 Å². The summed E-state index contributed by atoms with van der Waals surface area (Å²) in [5.41, 5.74) is 1.95. The van der Waals surface area contributed by atoms with Crippen molar-refractivity contribution in [1.82, 2.24) is 0 Å². The first kappa shape index (κ1) is 27.3. The van der Waals surface area contributed by atoms with Crippen LogP contribution in [0.1, 0.15) is 63.9 Å². The zero-order valence-electron chi connectivity index (χ0n) is 20.1. The molecule has 0 aromatic heterocycles. The second-order valence-corrected chi connectivity index (χ2v) is 8.42. The van der Waals surface area contributed by atoms with Crippen molar-refractivity contribution in [2.45, 2.75) is 64.3 Å². The second-order valence-electron chi connectivity index (χ2n) is 8.42. The molecule has 2 unspecified atom stereocenters. The van der Waals surface area contributed by atoms with Gasteiger partial charge in [-0.15, -0.1) is 0 Å². The quantitative estimate of drug-likeness (QED) is 0.188. The van der Waals surface area contributed by atoms with Crippen LogP contribution in [0.25, 0.3) is 4.85 Å². The lowest BCUT2D eigenvalue weighted by atomic mass is 9.97. The number of carboxylic acids is 1. The smallest absolute Gasteiger partial charge is 0.349 e. The van der Waals surface area contributed by atoms with Gasteiger partial charge in [-0.2, -0.15) is 5.26 Å². The maximum atomic E-state index is 12.6. The molecular formula is C28H32N4O3. The molecule has 35 heavy (non-hydrogen) atoms. The van der Waals surface area contributed by atoms with Crippen LogP contribution >= 0.6 is 0 Å². The molecule has 182 valence electrons. The largest absolute Gasteiger partial charge is 0.481 e. The fourth-order valence-corrected chi connectivity index (χ4v) is 3.76. The van der Waals surface area contributed by atoms with Gasteiger partial charge in [0.15, 0.2) is 6.07 Å². The molecule has 0 bridgehead atoms. The van der Waals surface area contributed by atoms with Crippen LogP contribution in [0.15, 0.2) is 59.6 Å². The van der Waals surface area contributed by atoms with Gasteiger partial charge in [-0.1, -0.05) is 81.8 Å². The topological polar surface area (TPSA) is 107 Å². The number of carbonyl (C=O) groups is 2. The number of aliphatic carboxylic acids is 1. The van der Waals surface area contributed by atoms with Crippen LogP contribution in [0, 0.1) is 23.8 Å². The number of benzene rings is 2. The molecule has 0 saturated heterocycles. The average molecular weight is 473 g/mol. The maximum Gasteiger partial charge on any atom is 0.349 e. The number of carbonyl (C=O) groups excluding carboxylic acids is 1. The summed E-state index contributed by atoms with van der Waals surface area (Å²) in [5, 5.41) is 21.7. The summed E-state index contributed by atoms with van der Waals surface area (Å²) in [6.07, 6.45) is 6.75. The van der Waals surface area contributed by atoms with Crippen molar-refractivity contribution in [3.8, 4) is 6.07 Å². The second kappa shape index (κ2) is 15.0. The van der Waals surface area contributed by atoms with E-state index in [0.29, 0.717) is 29.1 Å². The van der Waals surface area contributed by atoms with Crippen molar-refractivity contribution in [2.75, 3.05) is 5.32 Å². The lowest BCUT2D eigenvalue weighted by Crippen LogP contribution is -2.22. The van der Waals surface area contributed by atoms with Crippen LogP contribution < -0.4 is 5.32 Å². The molecule has 1 amide bonds. The van der Waals surface area contributed by atoms with Gasteiger partial charge < -0.3 is 10.4 Å². The highest BCUT2D eigenvalue weighted by Crippen LogP contribution is 2.22. The molecule has 0 aliphatic carbocycles. The molecule has 2 rings (SSSR count). The highest BCUT2D eigenvalue weighted by molar-refractivity contribution is 6.08. The third-order valence-electron chi connectivity index (χ3n) is 5.65. The third-order valence-corrected chi connectivity index (χ3v) is 5.65. The minimum Gasteiger partial charge on any atom is -0.481 e. The molecule has 0 saturated carbocycles. The number of anilines is 1. The van der Waals surface area contributed by atoms with E-state index >= 15 is 0 Å². The number of hydrogen-bond acceptors (Lipinski definition) is 4. The van der Waals surface area contributed by atoms with Crippen molar-refractivity contribution in [2.24, 2.45) is 10.9 Å². The van der Waals surface area contributed by atoms with Crippen LogP contribution in [0.3, 0.4) is 0 Å². The lowest BCUT2D eigenvalue weighted by molar-refractivity contribution is -0.143. The van der Waals surface area contributed by atoms with Gasteiger partial charge in [0, 0.05) is 17.7 Å². The first-order chi connectivity index (χ1) is 17.0. The number of aliphatic imine (C=N–C) groups is 1. The monoisotopic (exact) mass is 472 g/mol. The van der Waals surface area contributed by atoms with Crippen molar-refractivity contribution >= 4 is 29.0 Å². The van der Waals surface area contributed by atoms with E-state index < -0.39 is 17.9 Å². The Morgan fingerprint density at radius 2 is 1.80 bits per heavy atom.